The largest absolute Gasteiger partial charge is 0.347 e. The standard InChI is InChI=1S/C11H9ClN2O3/c12-7-1-3-8(4-2-7)14-9(15)10-13(11(14)16)5-6-17-10/h1-4,10H,5-6H2. The molecule has 2 saturated heterocycles. The van der Waals surface area contributed by atoms with Gasteiger partial charge in [0.25, 0.3) is 5.91 Å². The molecule has 1 aromatic rings. The first-order valence-corrected chi connectivity index (χ1v) is 5.58. The number of anilines is 1. The van der Waals surface area contributed by atoms with Crippen LogP contribution < -0.4 is 4.90 Å². The Morgan fingerprint density at radius 3 is 2.59 bits per heavy atom. The van der Waals surface area contributed by atoms with E-state index >= 15 is 0 Å². The maximum absolute atomic E-state index is 12.0. The van der Waals surface area contributed by atoms with Crippen LogP contribution in [-0.2, 0) is 9.53 Å². The number of amides is 3. The first kappa shape index (κ1) is 10.6. The van der Waals surface area contributed by atoms with Crippen LogP contribution >= 0.6 is 11.6 Å². The summed E-state index contributed by atoms with van der Waals surface area (Å²) in [5.41, 5.74) is 0.516. The highest BCUT2D eigenvalue weighted by Gasteiger charge is 2.49. The van der Waals surface area contributed by atoms with Crippen molar-refractivity contribution in [2.24, 2.45) is 0 Å². The Hall–Kier alpha value is -1.59. The second-order valence-corrected chi connectivity index (χ2v) is 4.29. The number of rotatable bonds is 1. The summed E-state index contributed by atoms with van der Waals surface area (Å²) in [4.78, 5) is 26.5. The van der Waals surface area contributed by atoms with Gasteiger partial charge in [-0.05, 0) is 24.3 Å². The molecule has 0 spiro atoms. The minimum Gasteiger partial charge on any atom is -0.347 e. The van der Waals surface area contributed by atoms with Crippen LogP contribution in [0.1, 0.15) is 0 Å². The number of urea groups is 1. The molecule has 3 amide bonds. The number of nitrogens with zero attached hydrogens (tertiary/aromatic N) is 2. The molecule has 0 radical (unpaired) electrons. The number of halogens is 1. The second-order valence-electron chi connectivity index (χ2n) is 3.85. The number of fused-ring (bicyclic) bond motifs is 1. The summed E-state index contributed by atoms with van der Waals surface area (Å²) in [7, 11) is 0. The lowest BCUT2D eigenvalue weighted by atomic mass is 10.3. The molecule has 0 saturated carbocycles. The Bertz CT molecular complexity index is 466. The van der Waals surface area contributed by atoms with Gasteiger partial charge in [-0.15, -0.1) is 0 Å². The number of carbonyl (C=O) groups excluding carboxylic acids is 2. The van der Waals surface area contributed by atoms with Crippen LogP contribution in [0.15, 0.2) is 24.3 Å². The smallest absolute Gasteiger partial charge is 0.334 e. The predicted molar refractivity (Wildman–Crippen MR) is 60.8 cm³/mol. The van der Waals surface area contributed by atoms with Gasteiger partial charge in [0.2, 0.25) is 6.23 Å². The van der Waals surface area contributed by atoms with Gasteiger partial charge in [0.1, 0.15) is 0 Å². The van der Waals surface area contributed by atoms with Crippen molar-refractivity contribution in [1.82, 2.24) is 4.90 Å². The first-order chi connectivity index (χ1) is 8.18. The summed E-state index contributed by atoms with van der Waals surface area (Å²) in [5, 5.41) is 0.560. The van der Waals surface area contributed by atoms with E-state index in [1.807, 2.05) is 0 Å². The molecule has 0 aromatic heterocycles. The Morgan fingerprint density at radius 2 is 1.94 bits per heavy atom. The average Bonchev–Trinajstić information content (AvgIpc) is 2.87. The predicted octanol–water partition coefficient (Wildman–Crippen LogP) is 1.46. The van der Waals surface area contributed by atoms with Gasteiger partial charge in [-0.3, -0.25) is 9.69 Å². The number of imide groups is 1. The minimum absolute atomic E-state index is 0.333. The third-order valence-corrected chi connectivity index (χ3v) is 3.10. The average molecular weight is 253 g/mol. The lowest BCUT2D eigenvalue weighted by Gasteiger charge is -2.14. The van der Waals surface area contributed by atoms with E-state index in [-0.39, 0.29) is 11.9 Å². The van der Waals surface area contributed by atoms with Crippen molar-refractivity contribution in [3.63, 3.8) is 0 Å². The third-order valence-electron chi connectivity index (χ3n) is 2.84. The van der Waals surface area contributed by atoms with Gasteiger partial charge in [0.05, 0.1) is 12.3 Å². The van der Waals surface area contributed by atoms with E-state index in [9.17, 15) is 9.59 Å². The summed E-state index contributed by atoms with van der Waals surface area (Å²) < 4.78 is 5.22. The molecular weight excluding hydrogens is 244 g/mol. The maximum atomic E-state index is 12.0. The van der Waals surface area contributed by atoms with Crippen molar-refractivity contribution in [3.05, 3.63) is 29.3 Å². The Kier molecular flexibility index (Phi) is 2.31. The van der Waals surface area contributed by atoms with E-state index in [1.165, 1.54) is 4.90 Å². The van der Waals surface area contributed by atoms with Crippen LogP contribution in [0.5, 0.6) is 0 Å². The molecule has 1 atom stereocenters. The zero-order chi connectivity index (χ0) is 12.0. The molecule has 17 heavy (non-hydrogen) atoms. The SMILES string of the molecule is O=C1C2OCCN2C(=O)N1c1ccc(Cl)cc1. The van der Waals surface area contributed by atoms with Gasteiger partial charge in [-0.1, -0.05) is 11.6 Å². The molecule has 0 aliphatic carbocycles. The topological polar surface area (TPSA) is 49.9 Å². The van der Waals surface area contributed by atoms with Crippen molar-refractivity contribution >= 4 is 29.2 Å². The van der Waals surface area contributed by atoms with E-state index in [2.05, 4.69) is 0 Å². The maximum Gasteiger partial charge on any atom is 0.334 e. The number of ether oxygens (including phenoxy) is 1. The molecular formula is C11H9ClN2O3. The highest BCUT2D eigenvalue weighted by atomic mass is 35.5. The molecule has 88 valence electrons. The molecule has 0 bridgehead atoms. The summed E-state index contributed by atoms with van der Waals surface area (Å²) in [6.45, 7) is 0.871. The summed E-state index contributed by atoms with van der Waals surface area (Å²) >= 11 is 5.76. The summed E-state index contributed by atoms with van der Waals surface area (Å²) in [6, 6.07) is 6.23. The van der Waals surface area contributed by atoms with E-state index in [0.717, 1.165) is 4.90 Å². The molecule has 5 nitrogen and oxygen atoms in total. The lowest BCUT2D eigenvalue weighted by Crippen LogP contribution is -2.33. The normalized spacial score (nSPS) is 23.5. The van der Waals surface area contributed by atoms with Crippen molar-refractivity contribution in [2.45, 2.75) is 6.23 Å². The van der Waals surface area contributed by atoms with Crippen LogP contribution in [0, 0.1) is 0 Å². The molecule has 1 unspecified atom stereocenters. The molecule has 2 heterocycles. The molecule has 3 rings (SSSR count). The zero-order valence-corrected chi connectivity index (χ0v) is 9.55. The van der Waals surface area contributed by atoms with Crippen molar-refractivity contribution < 1.29 is 14.3 Å². The Labute approximate surface area is 103 Å². The molecule has 1 aromatic carbocycles. The van der Waals surface area contributed by atoms with E-state index in [1.54, 1.807) is 24.3 Å². The first-order valence-electron chi connectivity index (χ1n) is 5.20. The van der Waals surface area contributed by atoms with E-state index in [0.29, 0.717) is 23.9 Å². The fourth-order valence-corrected chi connectivity index (χ4v) is 2.16. The van der Waals surface area contributed by atoms with Gasteiger partial charge in [-0.2, -0.15) is 0 Å². The van der Waals surface area contributed by atoms with Crippen molar-refractivity contribution in [3.8, 4) is 0 Å². The van der Waals surface area contributed by atoms with Crippen LogP contribution in [-0.4, -0.2) is 36.2 Å². The number of hydrogen-bond donors (Lipinski definition) is 0. The monoisotopic (exact) mass is 252 g/mol. The highest BCUT2D eigenvalue weighted by Crippen LogP contribution is 2.28. The lowest BCUT2D eigenvalue weighted by molar-refractivity contribution is -0.127. The number of hydrogen-bond acceptors (Lipinski definition) is 3. The van der Waals surface area contributed by atoms with Crippen molar-refractivity contribution in [2.75, 3.05) is 18.1 Å². The van der Waals surface area contributed by atoms with Gasteiger partial charge in [-0.25, -0.2) is 9.69 Å². The Balaban J connectivity index is 1.96. The molecule has 6 heteroatoms. The van der Waals surface area contributed by atoms with E-state index in [4.69, 9.17) is 16.3 Å². The van der Waals surface area contributed by atoms with Crippen LogP contribution in [0.3, 0.4) is 0 Å². The fourth-order valence-electron chi connectivity index (χ4n) is 2.03. The van der Waals surface area contributed by atoms with Crippen LogP contribution in [0.25, 0.3) is 0 Å². The minimum atomic E-state index is -0.752. The quantitative estimate of drug-likeness (QED) is 0.711. The summed E-state index contributed by atoms with van der Waals surface area (Å²) in [5.74, 6) is -0.338. The van der Waals surface area contributed by atoms with Crippen molar-refractivity contribution in [1.29, 1.82) is 0 Å². The van der Waals surface area contributed by atoms with Gasteiger partial charge in [0, 0.05) is 11.6 Å². The van der Waals surface area contributed by atoms with Crippen LogP contribution in [0.4, 0.5) is 10.5 Å². The highest BCUT2D eigenvalue weighted by molar-refractivity contribution is 6.30. The zero-order valence-electron chi connectivity index (χ0n) is 8.80. The number of benzene rings is 1. The second kappa shape index (κ2) is 3.72. The molecule has 2 aliphatic rings. The number of carbonyl (C=O) groups is 2. The summed E-state index contributed by atoms with van der Waals surface area (Å²) in [6.07, 6.45) is -0.752. The molecule has 2 fully saturated rings. The fraction of sp³-hybridized carbons (Fsp3) is 0.273. The van der Waals surface area contributed by atoms with E-state index < -0.39 is 6.23 Å². The van der Waals surface area contributed by atoms with Crippen LogP contribution in [0.2, 0.25) is 5.02 Å². The molecule has 0 N–H and O–H groups in total. The van der Waals surface area contributed by atoms with Gasteiger partial charge >= 0.3 is 6.03 Å². The molecule has 2 aliphatic heterocycles. The third kappa shape index (κ3) is 1.50. The Morgan fingerprint density at radius 1 is 1.24 bits per heavy atom. The van der Waals surface area contributed by atoms with Gasteiger partial charge in [0.15, 0.2) is 0 Å². The van der Waals surface area contributed by atoms with Gasteiger partial charge < -0.3 is 4.74 Å².